The Kier molecular flexibility index (Phi) is 2.54. The molecule has 80 valence electrons. The average molecular weight is 196 g/mol. The van der Waals surface area contributed by atoms with Crippen LogP contribution >= 0.6 is 0 Å². The van der Waals surface area contributed by atoms with E-state index in [1.807, 2.05) is 0 Å². The van der Waals surface area contributed by atoms with E-state index in [0.717, 1.165) is 23.7 Å². The highest BCUT2D eigenvalue weighted by Crippen LogP contribution is 2.55. The standard InChI is InChI=1S/C12H20O2/c1-7-10-4-11(6-14-9(3)13)8(2)12(7)5-10/h7-8,10-12H,4-6H2,1-3H3/t7?,8-,10+,11-,12-/m1/s1. The van der Waals surface area contributed by atoms with Crippen LogP contribution in [-0.4, -0.2) is 12.6 Å². The predicted molar refractivity (Wildman–Crippen MR) is 54.7 cm³/mol. The molecule has 0 N–H and O–H groups in total. The molecule has 0 saturated heterocycles. The van der Waals surface area contributed by atoms with Gasteiger partial charge in [0, 0.05) is 6.92 Å². The monoisotopic (exact) mass is 196 g/mol. The van der Waals surface area contributed by atoms with Crippen LogP contribution in [0.1, 0.15) is 33.6 Å². The fourth-order valence-electron chi connectivity index (χ4n) is 3.33. The number of carbonyl (C=O) groups excluding carboxylic acids is 1. The highest BCUT2D eigenvalue weighted by atomic mass is 16.5. The zero-order chi connectivity index (χ0) is 10.3. The summed E-state index contributed by atoms with van der Waals surface area (Å²) in [7, 11) is 0. The third-order valence-electron chi connectivity index (χ3n) is 4.52. The fraction of sp³-hybridized carbons (Fsp3) is 0.917. The molecule has 0 aromatic rings. The van der Waals surface area contributed by atoms with Crippen LogP contribution in [0.3, 0.4) is 0 Å². The molecule has 0 aromatic carbocycles. The normalized spacial score (nSPS) is 45.5. The minimum Gasteiger partial charge on any atom is -0.466 e. The third-order valence-corrected chi connectivity index (χ3v) is 4.52. The number of hydrogen-bond donors (Lipinski definition) is 0. The lowest BCUT2D eigenvalue weighted by Crippen LogP contribution is -2.49. The van der Waals surface area contributed by atoms with E-state index in [9.17, 15) is 4.79 Å². The van der Waals surface area contributed by atoms with Gasteiger partial charge in [0.2, 0.25) is 0 Å². The molecule has 0 aromatic heterocycles. The van der Waals surface area contributed by atoms with Crippen LogP contribution in [0.4, 0.5) is 0 Å². The van der Waals surface area contributed by atoms with E-state index in [-0.39, 0.29) is 5.97 Å². The molecule has 5 atom stereocenters. The maximum absolute atomic E-state index is 10.7. The quantitative estimate of drug-likeness (QED) is 0.634. The first-order valence-electron chi connectivity index (χ1n) is 5.73. The van der Waals surface area contributed by atoms with Gasteiger partial charge in [-0.05, 0) is 42.4 Å². The van der Waals surface area contributed by atoms with Gasteiger partial charge in [0.25, 0.3) is 0 Å². The highest BCUT2D eigenvalue weighted by molar-refractivity contribution is 5.65. The van der Waals surface area contributed by atoms with Gasteiger partial charge in [0.15, 0.2) is 0 Å². The molecule has 0 spiro atoms. The van der Waals surface area contributed by atoms with Crippen LogP contribution in [0.15, 0.2) is 0 Å². The molecule has 2 nitrogen and oxygen atoms in total. The molecule has 14 heavy (non-hydrogen) atoms. The van der Waals surface area contributed by atoms with Crippen molar-refractivity contribution in [1.29, 1.82) is 0 Å². The predicted octanol–water partition coefficient (Wildman–Crippen LogP) is 2.48. The maximum Gasteiger partial charge on any atom is 0.302 e. The molecule has 3 fully saturated rings. The Morgan fingerprint density at radius 2 is 2.00 bits per heavy atom. The number of rotatable bonds is 2. The summed E-state index contributed by atoms with van der Waals surface area (Å²) in [5.41, 5.74) is 0. The fourth-order valence-corrected chi connectivity index (χ4v) is 3.33. The minimum absolute atomic E-state index is 0.135. The molecule has 0 heterocycles. The van der Waals surface area contributed by atoms with E-state index in [1.54, 1.807) is 0 Å². The first-order valence-corrected chi connectivity index (χ1v) is 5.73. The van der Waals surface area contributed by atoms with Crippen molar-refractivity contribution >= 4 is 5.97 Å². The SMILES string of the molecule is CC(=O)OC[C@H]1C[C@H]2C[C@H](C2C)[C@@H]1C. The Morgan fingerprint density at radius 3 is 2.50 bits per heavy atom. The zero-order valence-corrected chi connectivity index (χ0v) is 9.32. The van der Waals surface area contributed by atoms with Gasteiger partial charge in [-0.1, -0.05) is 13.8 Å². The number of fused-ring (bicyclic) bond motifs is 2. The second-order valence-electron chi connectivity index (χ2n) is 5.18. The summed E-state index contributed by atoms with van der Waals surface area (Å²) in [6, 6.07) is 0. The van der Waals surface area contributed by atoms with Gasteiger partial charge in [-0.25, -0.2) is 0 Å². The van der Waals surface area contributed by atoms with Gasteiger partial charge in [-0.15, -0.1) is 0 Å². The smallest absolute Gasteiger partial charge is 0.302 e. The first-order chi connectivity index (χ1) is 6.59. The van der Waals surface area contributed by atoms with Crippen LogP contribution < -0.4 is 0 Å². The van der Waals surface area contributed by atoms with Crippen LogP contribution in [0.5, 0.6) is 0 Å². The molecule has 1 unspecified atom stereocenters. The molecule has 2 bridgehead atoms. The Labute approximate surface area is 86.0 Å². The van der Waals surface area contributed by atoms with E-state index < -0.39 is 0 Å². The van der Waals surface area contributed by atoms with E-state index in [0.29, 0.717) is 12.5 Å². The lowest BCUT2D eigenvalue weighted by Gasteiger charge is -2.55. The Balaban J connectivity index is 1.87. The van der Waals surface area contributed by atoms with Gasteiger partial charge in [0.05, 0.1) is 6.61 Å². The van der Waals surface area contributed by atoms with Crippen molar-refractivity contribution in [1.82, 2.24) is 0 Å². The maximum atomic E-state index is 10.7. The van der Waals surface area contributed by atoms with Gasteiger partial charge >= 0.3 is 5.97 Å². The summed E-state index contributed by atoms with van der Waals surface area (Å²) < 4.78 is 5.12. The summed E-state index contributed by atoms with van der Waals surface area (Å²) >= 11 is 0. The number of esters is 1. The summed E-state index contributed by atoms with van der Waals surface area (Å²) in [4.78, 5) is 10.7. The topological polar surface area (TPSA) is 26.3 Å². The van der Waals surface area contributed by atoms with Crippen molar-refractivity contribution in [3.05, 3.63) is 0 Å². The molecule has 3 aliphatic rings. The molecule has 0 aliphatic heterocycles. The Morgan fingerprint density at radius 1 is 1.29 bits per heavy atom. The lowest BCUT2D eigenvalue weighted by atomic mass is 9.51. The molecular formula is C12H20O2. The van der Waals surface area contributed by atoms with E-state index in [1.165, 1.54) is 19.8 Å². The summed E-state index contributed by atoms with van der Waals surface area (Å²) in [5, 5.41) is 0. The Hall–Kier alpha value is -0.530. The van der Waals surface area contributed by atoms with Gasteiger partial charge < -0.3 is 4.74 Å². The molecule has 3 saturated carbocycles. The largest absolute Gasteiger partial charge is 0.466 e. The van der Waals surface area contributed by atoms with E-state index in [2.05, 4.69) is 13.8 Å². The van der Waals surface area contributed by atoms with Crippen molar-refractivity contribution < 1.29 is 9.53 Å². The van der Waals surface area contributed by atoms with Crippen molar-refractivity contribution in [3.8, 4) is 0 Å². The van der Waals surface area contributed by atoms with Crippen molar-refractivity contribution in [3.63, 3.8) is 0 Å². The molecule has 0 amide bonds. The van der Waals surface area contributed by atoms with Crippen LogP contribution in [0.25, 0.3) is 0 Å². The molecule has 2 heteroatoms. The van der Waals surface area contributed by atoms with Gasteiger partial charge in [-0.2, -0.15) is 0 Å². The molecule has 3 rings (SSSR count). The minimum atomic E-state index is -0.135. The Bertz CT molecular complexity index is 236. The molecule has 3 aliphatic carbocycles. The van der Waals surface area contributed by atoms with Crippen molar-refractivity contribution in [2.75, 3.05) is 6.61 Å². The highest BCUT2D eigenvalue weighted by Gasteiger charge is 2.48. The first kappa shape index (κ1) is 10.0. The van der Waals surface area contributed by atoms with Crippen molar-refractivity contribution in [2.45, 2.75) is 33.6 Å². The van der Waals surface area contributed by atoms with Gasteiger partial charge in [0.1, 0.15) is 0 Å². The van der Waals surface area contributed by atoms with E-state index >= 15 is 0 Å². The molecule has 0 radical (unpaired) electrons. The summed E-state index contributed by atoms with van der Waals surface area (Å²) in [5.74, 6) is 3.96. The van der Waals surface area contributed by atoms with Crippen molar-refractivity contribution in [2.24, 2.45) is 29.6 Å². The third kappa shape index (κ3) is 1.55. The van der Waals surface area contributed by atoms with Gasteiger partial charge in [-0.3, -0.25) is 4.79 Å². The number of carbonyl (C=O) groups is 1. The molecular weight excluding hydrogens is 176 g/mol. The van der Waals surface area contributed by atoms with Crippen LogP contribution in [0.2, 0.25) is 0 Å². The van der Waals surface area contributed by atoms with Crippen LogP contribution in [0, 0.1) is 29.6 Å². The lowest BCUT2D eigenvalue weighted by molar-refractivity contribution is -0.147. The number of hydrogen-bond acceptors (Lipinski definition) is 2. The second kappa shape index (κ2) is 3.56. The second-order valence-corrected chi connectivity index (χ2v) is 5.18. The summed E-state index contributed by atoms with van der Waals surface area (Å²) in [6.45, 7) is 6.84. The zero-order valence-electron chi connectivity index (χ0n) is 9.32. The number of ether oxygens (including phenoxy) is 1. The average Bonchev–Trinajstić information content (AvgIpc) is 2.14. The van der Waals surface area contributed by atoms with E-state index in [4.69, 9.17) is 4.74 Å². The summed E-state index contributed by atoms with van der Waals surface area (Å²) in [6.07, 6.45) is 2.69. The van der Waals surface area contributed by atoms with Crippen LogP contribution in [-0.2, 0) is 9.53 Å².